The van der Waals surface area contributed by atoms with Crippen LogP contribution in [-0.2, 0) is 23.0 Å². The Morgan fingerprint density at radius 3 is 3.05 bits per heavy atom. The molecule has 1 aromatic carbocycles. The Hall–Kier alpha value is -1.86. The fourth-order valence-electron chi connectivity index (χ4n) is 2.19. The van der Waals surface area contributed by atoms with Crippen molar-refractivity contribution in [3.63, 3.8) is 0 Å². The van der Waals surface area contributed by atoms with E-state index < -0.39 is 10.0 Å². The third kappa shape index (κ3) is 2.68. The second-order valence-corrected chi connectivity index (χ2v) is 6.43. The Morgan fingerprint density at radius 1 is 1.35 bits per heavy atom. The van der Waals surface area contributed by atoms with Gasteiger partial charge in [-0.15, -0.1) is 0 Å². The second-order valence-electron chi connectivity index (χ2n) is 4.66. The minimum Gasteiger partial charge on any atom is -0.385 e. The summed E-state index contributed by atoms with van der Waals surface area (Å²) in [5, 5.41) is 6.89. The number of sulfonamides is 1. The Kier molecular flexibility index (Phi) is 3.45. The van der Waals surface area contributed by atoms with Gasteiger partial charge in [0, 0.05) is 18.3 Å². The number of nitrogens with one attached hydrogen (secondary N) is 2. The first kappa shape index (κ1) is 13.1. The van der Waals surface area contributed by atoms with Gasteiger partial charge in [0.2, 0.25) is 10.0 Å². The van der Waals surface area contributed by atoms with E-state index in [0.29, 0.717) is 5.69 Å². The van der Waals surface area contributed by atoms with Crippen molar-refractivity contribution in [1.29, 1.82) is 0 Å². The van der Waals surface area contributed by atoms with Crippen LogP contribution >= 0.6 is 0 Å². The normalized spacial score (nSPS) is 14.6. The fourth-order valence-corrected chi connectivity index (χ4v) is 3.21. The Morgan fingerprint density at radius 2 is 2.25 bits per heavy atom. The van der Waals surface area contributed by atoms with Gasteiger partial charge in [-0.25, -0.2) is 13.1 Å². The molecule has 0 bridgehead atoms. The molecule has 6 nitrogen and oxygen atoms in total. The number of aryl methyl sites for hydroxylation is 1. The van der Waals surface area contributed by atoms with Crippen molar-refractivity contribution in [3.8, 4) is 0 Å². The molecule has 1 aliphatic heterocycles. The van der Waals surface area contributed by atoms with Crippen molar-refractivity contribution in [2.45, 2.75) is 24.3 Å². The minimum atomic E-state index is -3.54. The van der Waals surface area contributed by atoms with Gasteiger partial charge < -0.3 is 9.84 Å². The SMILES string of the molecule is O=S(=O)(NCc1ccon1)c1ccc2c(c1)NCCC2. The summed E-state index contributed by atoms with van der Waals surface area (Å²) in [7, 11) is -3.54. The van der Waals surface area contributed by atoms with E-state index in [-0.39, 0.29) is 11.4 Å². The van der Waals surface area contributed by atoms with E-state index in [4.69, 9.17) is 0 Å². The average molecular weight is 293 g/mol. The van der Waals surface area contributed by atoms with Crippen LogP contribution in [0.1, 0.15) is 17.7 Å². The van der Waals surface area contributed by atoms with Gasteiger partial charge in [-0.2, -0.15) is 0 Å². The lowest BCUT2D eigenvalue weighted by Crippen LogP contribution is -2.24. The largest absolute Gasteiger partial charge is 0.385 e. The lowest BCUT2D eigenvalue weighted by Gasteiger charge is -2.18. The van der Waals surface area contributed by atoms with E-state index >= 15 is 0 Å². The third-order valence-corrected chi connectivity index (χ3v) is 4.66. The van der Waals surface area contributed by atoms with Gasteiger partial charge in [-0.05, 0) is 30.5 Å². The van der Waals surface area contributed by atoms with E-state index in [1.807, 2.05) is 6.07 Å². The average Bonchev–Trinajstić information content (AvgIpc) is 2.98. The molecule has 0 saturated heterocycles. The molecule has 2 heterocycles. The molecule has 2 aromatic rings. The summed E-state index contributed by atoms with van der Waals surface area (Å²) in [6.07, 6.45) is 3.46. The van der Waals surface area contributed by atoms with Crippen molar-refractivity contribution in [3.05, 3.63) is 41.8 Å². The van der Waals surface area contributed by atoms with Gasteiger partial charge in [-0.1, -0.05) is 11.2 Å². The molecule has 20 heavy (non-hydrogen) atoms. The molecule has 1 aromatic heterocycles. The molecule has 3 rings (SSSR count). The monoisotopic (exact) mass is 293 g/mol. The molecule has 0 amide bonds. The number of hydrogen-bond acceptors (Lipinski definition) is 5. The molecule has 1 aliphatic rings. The first-order valence-electron chi connectivity index (χ1n) is 6.41. The lowest BCUT2D eigenvalue weighted by molar-refractivity contribution is 0.411. The maximum absolute atomic E-state index is 12.2. The van der Waals surface area contributed by atoms with E-state index in [1.165, 1.54) is 6.26 Å². The summed E-state index contributed by atoms with van der Waals surface area (Å²) < 4.78 is 31.6. The van der Waals surface area contributed by atoms with Crippen molar-refractivity contribution in [2.75, 3.05) is 11.9 Å². The highest BCUT2D eigenvalue weighted by Gasteiger charge is 2.17. The smallest absolute Gasteiger partial charge is 0.240 e. The molecule has 0 radical (unpaired) electrons. The van der Waals surface area contributed by atoms with E-state index in [1.54, 1.807) is 18.2 Å². The highest BCUT2D eigenvalue weighted by Crippen LogP contribution is 2.25. The van der Waals surface area contributed by atoms with Crippen LogP contribution in [0.5, 0.6) is 0 Å². The number of aromatic nitrogens is 1. The van der Waals surface area contributed by atoms with Gasteiger partial charge in [0.25, 0.3) is 0 Å². The summed E-state index contributed by atoms with van der Waals surface area (Å²) in [6, 6.07) is 6.81. The molecule has 7 heteroatoms. The fraction of sp³-hybridized carbons (Fsp3) is 0.308. The van der Waals surface area contributed by atoms with Gasteiger partial charge in [0.15, 0.2) is 0 Å². The number of nitrogens with zero attached hydrogens (tertiary/aromatic N) is 1. The van der Waals surface area contributed by atoms with E-state index in [9.17, 15) is 8.42 Å². The Balaban J connectivity index is 1.80. The molecule has 106 valence electrons. The third-order valence-electron chi connectivity index (χ3n) is 3.26. The summed E-state index contributed by atoms with van der Waals surface area (Å²) in [4.78, 5) is 0.258. The molecule has 2 N–H and O–H groups in total. The van der Waals surface area contributed by atoms with E-state index in [0.717, 1.165) is 30.6 Å². The van der Waals surface area contributed by atoms with Crippen molar-refractivity contribution in [2.24, 2.45) is 0 Å². The number of benzene rings is 1. The second kappa shape index (κ2) is 5.26. The molecule has 0 aliphatic carbocycles. The molecule has 0 fully saturated rings. The van der Waals surface area contributed by atoms with Crippen LogP contribution in [0.2, 0.25) is 0 Å². The van der Waals surface area contributed by atoms with Crippen molar-refractivity contribution < 1.29 is 12.9 Å². The molecule has 0 atom stereocenters. The topological polar surface area (TPSA) is 84.2 Å². The lowest BCUT2D eigenvalue weighted by atomic mass is 10.0. The zero-order chi connectivity index (χ0) is 14.0. The van der Waals surface area contributed by atoms with Crippen molar-refractivity contribution >= 4 is 15.7 Å². The minimum absolute atomic E-state index is 0.114. The quantitative estimate of drug-likeness (QED) is 0.892. The van der Waals surface area contributed by atoms with Gasteiger partial charge >= 0.3 is 0 Å². The summed E-state index contributed by atoms with van der Waals surface area (Å²) in [5.41, 5.74) is 2.61. The summed E-state index contributed by atoms with van der Waals surface area (Å²) in [5.74, 6) is 0. The maximum Gasteiger partial charge on any atom is 0.240 e. The molecule has 0 unspecified atom stereocenters. The molecule has 0 saturated carbocycles. The zero-order valence-electron chi connectivity index (χ0n) is 10.8. The molecular formula is C13H15N3O3S. The van der Waals surface area contributed by atoms with Gasteiger partial charge in [0.05, 0.1) is 17.1 Å². The first-order valence-corrected chi connectivity index (χ1v) is 7.89. The van der Waals surface area contributed by atoms with Crippen LogP contribution in [0.25, 0.3) is 0 Å². The van der Waals surface area contributed by atoms with Crippen LogP contribution in [0.3, 0.4) is 0 Å². The van der Waals surface area contributed by atoms with Crippen LogP contribution < -0.4 is 10.0 Å². The Bertz CT molecular complexity index is 696. The van der Waals surface area contributed by atoms with Crippen LogP contribution in [0.4, 0.5) is 5.69 Å². The predicted octanol–water partition coefficient (Wildman–Crippen LogP) is 1.51. The van der Waals surface area contributed by atoms with Gasteiger partial charge in [-0.3, -0.25) is 0 Å². The van der Waals surface area contributed by atoms with Crippen molar-refractivity contribution in [1.82, 2.24) is 9.88 Å². The highest BCUT2D eigenvalue weighted by molar-refractivity contribution is 7.89. The number of rotatable bonds is 4. The zero-order valence-corrected chi connectivity index (χ0v) is 11.6. The molecular weight excluding hydrogens is 278 g/mol. The van der Waals surface area contributed by atoms with Gasteiger partial charge in [0.1, 0.15) is 6.26 Å². The van der Waals surface area contributed by atoms with E-state index in [2.05, 4.69) is 19.7 Å². The number of anilines is 1. The Labute approximate surface area is 117 Å². The van der Waals surface area contributed by atoms with Crippen LogP contribution in [-0.4, -0.2) is 20.1 Å². The molecule has 0 spiro atoms. The maximum atomic E-state index is 12.2. The highest BCUT2D eigenvalue weighted by atomic mass is 32.2. The van der Waals surface area contributed by atoms with Crippen LogP contribution in [0.15, 0.2) is 39.9 Å². The number of hydrogen-bond donors (Lipinski definition) is 2. The predicted molar refractivity (Wildman–Crippen MR) is 73.8 cm³/mol. The standard InChI is InChI=1S/C13H15N3O3S/c17-20(18,15-9-11-5-7-19-16-11)12-4-3-10-2-1-6-14-13(10)8-12/h3-5,7-8,14-15H,1-2,6,9H2. The summed E-state index contributed by atoms with van der Waals surface area (Å²) >= 11 is 0. The number of fused-ring (bicyclic) bond motifs is 1. The summed E-state index contributed by atoms with van der Waals surface area (Å²) in [6.45, 7) is 0.992. The first-order chi connectivity index (χ1) is 9.65. The van der Waals surface area contributed by atoms with Crippen LogP contribution in [0, 0.1) is 0 Å².